The molecule has 1 N–H and O–H groups in total. The van der Waals surface area contributed by atoms with Crippen molar-refractivity contribution in [2.24, 2.45) is 17.3 Å². The number of esters is 1. The van der Waals surface area contributed by atoms with E-state index in [9.17, 15) is 9.90 Å². The van der Waals surface area contributed by atoms with Crippen LogP contribution in [0.1, 0.15) is 104 Å². The van der Waals surface area contributed by atoms with Gasteiger partial charge < -0.3 is 9.84 Å². The van der Waals surface area contributed by atoms with Crippen LogP contribution in [0, 0.1) is 24.2 Å². The third-order valence-corrected chi connectivity index (χ3v) is 7.20. The molecule has 3 nitrogen and oxygen atoms in total. The van der Waals surface area contributed by atoms with Crippen LogP contribution in [0.4, 0.5) is 0 Å². The fourth-order valence-corrected chi connectivity index (χ4v) is 4.52. The highest BCUT2D eigenvalue weighted by Crippen LogP contribution is 2.37. The number of ether oxygens (including phenoxy) is 1. The number of benzene rings is 2. The van der Waals surface area contributed by atoms with Crippen molar-refractivity contribution in [1.82, 2.24) is 0 Å². The summed E-state index contributed by atoms with van der Waals surface area (Å²) in [6, 6.07) is 10.1. The van der Waals surface area contributed by atoms with Gasteiger partial charge in [-0.2, -0.15) is 0 Å². The highest BCUT2D eigenvalue weighted by atomic mass is 16.5. The third kappa shape index (κ3) is 9.31. The minimum absolute atomic E-state index is 0.0312. The number of phenols is 1. The van der Waals surface area contributed by atoms with E-state index in [2.05, 4.69) is 50.6 Å². The molecule has 0 bridgehead atoms. The number of rotatable bonds is 2. The van der Waals surface area contributed by atoms with E-state index in [4.69, 9.17) is 0 Å². The molecule has 3 heteroatoms. The molecule has 0 aromatic heterocycles. The number of carbonyl (C=O) groups excluding carboxylic acids is 1. The molecule has 0 heterocycles. The number of methoxy groups -OCH3 is 1. The van der Waals surface area contributed by atoms with Gasteiger partial charge in [0.25, 0.3) is 0 Å². The lowest BCUT2D eigenvalue weighted by atomic mass is 9.72. The zero-order chi connectivity index (χ0) is 25.7. The first-order valence-electron chi connectivity index (χ1n) is 13.5. The highest BCUT2D eigenvalue weighted by molar-refractivity contribution is 5.88. The number of carbonyl (C=O) groups is 1. The lowest BCUT2D eigenvalue weighted by Gasteiger charge is -2.33. The Morgan fingerprint density at radius 1 is 0.971 bits per heavy atom. The van der Waals surface area contributed by atoms with Crippen LogP contribution in [0.5, 0.6) is 5.75 Å². The summed E-state index contributed by atoms with van der Waals surface area (Å²) in [5, 5.41) is 11.9. The third-order valence-electron chi connectivity index (χ3n) is 7.20. The number of hydrogen-bond donors (Lipinski definition) is 1. The first-order chi connectivity index (χ1) is 16.2. The molecular formula is C31H50O3. The van der Waals surface area contributed by atoms with Crippen LogP contribution in [0.2, 0.25) is 0 Å². The number of aromatic hydroxyl groups is 1. The van der Waals surface area contributed by atoms with Gasteiger partial charge in [0.1, 0.15) is 5.75 Å². The fraction of sp³-hybridized carbons (Fsp3) is 0.645. The van der Waals surface area contributed by atoms with Crippen LogP contribution in [-0.4, -0.2) is 18.2 Å². The van der Waals surface area contributed by atoms with Gasteiger partial charge >= 0.3 is 5.97 Å². The lowest BCUT2D eigenvalue weighted by molar-refractivity contribution is -0.148. The van der Waals surface area contributed by atoms with Crippen molar-refractivity contribution in [3.63, 3.8) is 0 Å². The SMILES string of the molecule is CC.CC(C)(C)C1CCCCC1.CCc1ccc2c(C)c(O)ccc2c1.COC(=O)C1CCC1. The Morgan fingerprint density at radius 2 is 1.59 bits per heavy atom. The molecule has 0 saturated heterocycles. The maximum absolute atomic E-state index is 10.6. The van der Waals surface area contributed by atoms with E-state index < -0.39 is 0 Å². The largest absolute Gasteiger partial charge is 0.508 e. The van der Waals surface area contributed by atoms with Gasteiger partial charge in [-0.3, -0.25) is 4.79 Å². The Hall–Kier alpha value is -2.03. The van der Waals surface area contributed by atoms with E-state index >= 15 is 0 Å². The topological polar surface area (TPSA) is 46.5 Å². The maximum Gasteiger partial charge on any atom is 0.308 e. The molecule has 2 aliphatic carbocycles. The van der Waals surface area contributed by atoms with Gasteiger partial charge in [0.05, 0.1) is 13.0 Å². The Morgan fingerprint density at radius 3 is 2.00 bits per heavy atom. The van der Waals surface area contributed by atoms with Crippen LogP contribution in [0.25, 0.3) is 10.8 Å². The molecule has 0 spiro atoms. The van der Waals surface area contributed by atoms with Crippen molar-refractivity contribution >= 4 is 16.7 Å². The number of phenolic OH excluding ortho intramolecular Hbond substituents is 1. The zero-order valence-corrected chi connectivity index (χ0v) is 23.2. The van der Waals surface area contributed by atoms with Crippen LogP contribution in [0.15, 0.2) is 30.3 Å². The molecule has 192 valence electrons. The van der Waals surface area contributed by atoms with Gasteiger partial charge in [-0.1, -0.05) is 91.5 Å². The fourth-order valence-electron chi connectivity index (χ4n) is 4.52. The molecule has 0 amide bonds. The minimum Gasteiger partial charge on any atom is -0.508 e. The molecular weight excluding hydrogens is 420 g/mol. The quantitative estimate of drug-likeness (QED) is 0.445. The van der Waals surface area contributed by atoms with E-state index in [1.807, 2.05) is 26.8 Å². The molecule has 34 heavy (non-hydrogen) atoms. The summed E-state index contributed by atoms with van der Waals surface area (Å²) in [7, 11) is 1.45. The van der Waals surface area contributed by atoms with Crippen molar-refractivity contribution in [2.75, 3.05) is 7.11 Å². The molecule has 2 aliphatic rings. The Labute approximate surface area is 209 Å². The standard InChI is InChI=1S/C13H14O.C10H20.C6H10O2.C2H6/c1-3-10-4-6-12-9(2)13(14)7-5-11(12)8-10;1-10(2,3)9-7-5-4-6-8-9;1-8-6(7)5-3-2-4-5;1-2/h4-8,14H,3H2,1-2H3;9H,4-8H2,1-3H3;5H,2-4H2,1H3;1-2H3. The van der Waals surface area contributed by atoms with Gasteiger partial charge in [-0.15, -0.1) is 0 Å². The molecule has 0 radical (unpaired) electrons. The van der Waals surface area contributed by atoms with E-state index in [0.717, 1.165) is 36.1 Å². The van der Waals surface area contributed by atoms with Crippen LogP contribution >= 0.6 is 0 Å². The average molecular weight is 471 g/mol. The monoisotopic (exact) mass is 470 g/mol. The first-order valence-corrected chi connectivity index (χ1v) is 13.5. The summed E-state index contributed by atoms with van der Waals surface area (Å²) >= 11 is 0. The summed E-state index contributed by atoms with van der Waals surface area (Å²) in [5.41, 5.74) is 2.87. The van der Waals surface area contributed by atoms with E-state index in [1.54, 1.807) is 6.07 Å². The van der Waals surface area contributed by atoms with Gasteiger partial charge in [-0.05, 0) is 78.3 Å². The van der Waals surface area contributed by atoms with Gasteiger partial charge in [0, 0.05) is 0 Å². The minimum atomic E-state index is -0.0312. The second-order valence-corrected chi connectivity index (χ2v) is 10.5. The Kier molecular flexibility index (Phi) is 13.3. The van der Waals surface area contributed by atoms with Crippen LogP contribution in [0.3, 0.4) is 0 Å². The van der Waals surface area contributed by atoms with Crippen LogP contribution < -0.4 is 0 Å². The number of fused-ring (bicyclic) bond motifs is 1. The molecule has 4 rings (SSSR count). The zero-order valence-electron chi connectivity index (χ0n) is 23.2. The summed E-state index contributed by atoms with van der Waals surface area (Å²) in [4.78, 5) is 10.6. The molecule has 2 aromatic carbocycles. The van der Waals surface area contributed by atoms with Gasteiger partial charge in [-0.25, -0.2) is 0 Å². The predicted octanol–water partition coefficient (Wildman–Crippen LogP) is 9.01. The molecule has 2 fully saturated rings. The van der Waals surface area contributed by atoms with E-state index in [0.29, 0.717) is 11.2 Å². The molecule has 2 saturated carbocycles. The average Bonchev–Trinajstić information content (AvgIpc) is 2.82. The first kappa shape index (κ1) is 30.0. The highest BCUT2D eigenvalue weighted by Gasteiger charge is 2.26. The normalized spacial score (nSPS) is 16.0. The molecule has 0 unspecified atom stereocenters. The Bertz CT molecular complexity index is 853. The summed E-state index contributed by atoms with van der Waals surface area (Å²) in [6.45, 7) is 15.2. The number of aryl methyl sites for hydroxylation is 2. The number of hydrogen-bond acceptors (Lipinski definition) is 3. The Balaban J connectivity index is 0.000000256. The second kappa shape index (κ2) is 15.1. The van der Waals surface area contributed by atoms with Crippen LogP contribution in [-0.2, 0) is 16.0 Å². The summed E-state index contributed by atoms with van der Waals surface area (Å²) < 4.78 is 4.52. The maximum atomic E-state index is 10.6. The van der Waals surface area contributed by atoms with Gasteiger partial charge in [0.15, 0.2) is 0 Å². The van der Waals surface area contributed by atoms with Crippen molar-refractivity contribution < 1.29 is 14.6 Å². The molecule has 2 aromatic rings. The summed E-state index contributed by atoms with van der Waals surface area (Å²) in [5.74, 6) is 1.58. The molecule has 0 aliphatic heterocycles. The predicted molar refractivity (Wildman–Crippen MR) is 146 cm³/mol. The van der Waals surface area contributed by atoms with Crippen molar-refractivity contribution in [3.05, 3.63) is 41.5 Å². The van der Waals surface area contributed by atoms with Crippen molar-refractivity contribution in [3.8, 4) is 5.75 Å². The summed E-state index contributed by atoms with van der Waals surface area (Å²) in [6.07, 6.45) is 11.7. The second-order valence-electron chi connectivity index (χ2n) is 10.5. The lowest BCUT2D eigenvalue weighted by Crippen LogP contribution is -2.22. The smallest absolute Gasteiger partial charge is 0.308 e. The molecule has 0 atom stereocenters. The van der Waals surface area contributed by atoms with Crippen molar-refractivity contribution in [2.45, 2.75) is 106 Å². The van der Waals surface area contributed by atoms with Gasteiger partial charge in [0.2, 0.25) is 0 Å². The van der Waals surface area contributed by atoms with E-state index in [1.165, 1.54) is 56.6 Å². The van der Waals surface area contributed by atoms with Crippen molar-refractivity contribution in [1.29, 1.82) is 0 Å². The van der Waals surface area contributed by atoms with E-state index in [-0.39, 0.29) is 11.9 Å².